The zero-order valence-electron chi connectivity index (χ0n) is 13.7. The average molecular weight is 407 g/mol. The van der Waals surface area contributed by atoms with Crippen LogP contribution in [0, 0.1) is 0 Å². The van der Waals surface area contributed by atoms with E-state index in [1.807, 2.05) is 66.9 Å². The highest BCUT2D eigenvalue weighted by Gasteiger charge is 2.29. The van der Waals surface area contributed by atoms with Gasteiger partial charge in [-0.05, 0) is 23.8 Å². The third-order valence-corrected chi connectivity index (χ3v) is 4.61. The number of carbonyl (C=O) groups is 1. The quantitative estimate of drug-likeness (QED) is 0.653. The molecule has 1 N–H and O–H groups in total. The number of fused-ring (bicyclic) bond motifs is 1. The van der Waals surface area contributed by atoms with Crippen LogP contribution in [0.4, 0.5) is 11.6 Å². The van der Waals surface area contributed by atoms with E-state index < -0.39 is 6.17 Å². The number of aldehydes is 1. The average Bonchev–Trinajstić information content (AvgIpc) is 3.04. The third kappa shape index (κ3) is 3.23. The molecule has 0 radical (unpaired) electrons. The number of halogens is 1. The number of carbonyl (C=O) groups excluding carboxylic acids is 1. The van der Waals surface area contributed by atoms with Gasteiger partial charge in [0.05, 0.1) is 11.9 Å². The molecule has 0 amide bonds. The van der Waals surface area contributed by atoms with Gasteiger partial charge in [-0.25, -0.2) is 9.97 Å². The van der Waals surface area contributed by atoms with Crippen molar-refractivity contribution in [2.45, 2.75) is 6.17 Å². The van der Waals surface area contributed by atoms with Crippen molar-refractivity contribution in [1.82, 2.24) is 9.97 Å². The second-order valence-corrected chi connectivity index (χ2v) is 6.71. The van der Waals surface area contributed by atoms with Gasteiger partial charge in [0.1, 0.15) is 0 Å². The maximum Gasteiger partial charge on any atom is 0.178 e. The summed E-state index contributed by atoms with van der Waals surface area (Å²) in [5.41, 5.74) is 2.76. The van der Waals surface area contributed by atoms with Crippen molar-refractivity contribution >= 4 is 39.9 Å². The lowest BCUT2D eigenvalue weighted by Crippen LogP contribution is -2.32. The minimum absolute atomic E-state index is 0.523. The second kappa shape index (κ2) is 7.09. The fourth-order valence-corrected chi connectivity index (χ4v) is 3.02. The van der Waals surface area contributed by atoms with Gasteiger partial charge in [0.25, 0.3) is 0 Å². The molecule has 1 aliphatic heterocycles. The molecule has 0 aliphatic carbocycles. The first-order valence-electron chi connectivity index (χ1n) is 8.11. The van der Waals surface area contributed by atoms with E-state index in [9.17, 15) is 4.79 Å². The fourth-order valence-electron chi connectivity index (χ4n) is 2.76. The lowest BCUT2D eigenvalue weighted by molar-refractivity contribution is -0.108. The molecular weight excluding hydrogens is 392 g/mol. The summed E-state index contributed by atoms with van der Waals surface area (Å²) < 4.78 is 1.01. The molecule has 0 unspecified atom stereocenters. The highest BCUT2D eigenvalue weighted by molar-refractivity contribution is 9.10. The van der Waals surface area contributed by atoms with Crippen LogP contribution < -0.4 is 10.2 Å². The zero-order chi connectivity index (χ0) is 17.9. The summed E-state index contributed by atoms with van der Waals surface area (Å²) in [5, 5.41) is 3.08. The Morgan fingerprint density at radius 3 is 2.58 bits per heavy atom. The van der Waals surface area contributed by atoms with Crippen LogP contribution in [-0.2, 0) is 4.79 Å². The Bertz CT molecular complexity index is 957. The summed E-state index contributed by atoms with van der Waals surface area (Å²) in [7, 11) is 0. The van der Waals surface area contributed by atoms with Crippen molar-refractivity contribution in [3.63, 3.8) is 0 Å². The van der Waals surface area contributed by atoms with E-state index in [0.29, 0.717) is 11.6 Å². The van der Waals surface area contributed by atoms with Gasteiger partial charge < -0.3 is 10.2 Å². The smallest absolute Gasteiger partial charge is 0.178 e. The number of anilines is 2. The molecule has 26 heavy (non-hydrogen) atoms. The molecule has 2 heterocycles. The van der Waals surface area contributed by atoms with Crippen molar-refractivity contribution in [2.24, 2.45) is 0 Å². The molecule has 0 saturated carbocycles. The Morgan fingerprint density at radius 1 is 1.08 bits per heavy atom. The summed E-state index contributed by atoms with van der Waals surface area (Å²) in [6.45, 7) is 0. The van der Waals surface area contributed by atoms with Crippen LogP contribution in [0.1, 0.15) is 5.56 Å². The molecule has 128 valence electrons. The van der Waals surface area contributed by atoms with Crippen LogP contribution in [0.25, 0.3) is 17.3 Å². The summed E-state index contributed by atoms with van der Waals surface area (Å²) in [5.74, 6) is 1.23. The number of benzene rings is 2. The number of hydrogen-bond acceptors (Lipinski definition) is 5. The molecule has 1 atom stereocenters. The van der Waals surface area contributed by atoms with E-state index in [0.717, 1.165) is 27.6 Å². The number of hydrogen-bond donors (Lipinski definition) is 1. The first-order chi connectivity index (χ1) is 12.7. The van der Waals surface area contributed by atoms with E-state index >= 15 is 0 Å². The summed E-state index contributed by atoms with van der Waals surface area (Å²) >= 11 is 3.43. The topological polar surface area (TPSA) is 58.1 Å². The molecule has 4 rings (SSSR count). The van der Waals surface area contributed by atoms with Crippen LogP contribution in [0.15, 0.2) is 71.5 Å². The van der Waals surface area contributed by atoms with Gasteiger partial charge in [-0.3, -0.25) is 4.79 Å². The molecule has 0 spiro atoms. The third-order valence-electron chi connectivity index (χ3n) is 4.08. The largest absolute Gasteiger partial charge is 0.341 e. The number of nitrogens with one attached hydrogen (secondary N) is 1. The fraction of sp³-hybridized carbons (Fsp3) is 0.0500. The molecule has 2 aromatic carbocycles. The van der Waals surface area contributed by atoms with Gasteiger partial charge in [-0.1, -0.05) is 58.4 Å². The van der Waals surface area contributed by atoms with E-state index in [-0.39, 0.29) is 0 Å². The Hall–Kier alpha value is -2.99. The summed E-state index contributed by atoms with van der Waals surface area (Å²) in [6, 6.07) is 17.8. The molecule has 0 saturated heterocycles. The molecule has 0 bridgehead atoms. The molecule has 6 heteroatoms. The first kappa shape index (κ1) is 16.5. The molecule has 1 aliphatic rings. The van der Waals surface area contributed by atoms with E-state index in [2.05, 4.69) is 26.2 Å². The highest BCUT2D eigenvalue weighted by atomic mass is 79.9. The van der Waals surface area contributed by atoms with Gasteiger partial charge in [-0.2, -0.15) is 0 Å². The summed E-state index contributed by atoms with van der Waals surface area (Å²) in [6.07, 6.45) is 5.83. The standard InChI is InChI=1S/C20H15BrN4O/c21-16-8-6-15(7-9-16)17-12-22-19-20(23-17)25(18(13-26)24-19)11-10-14-4-2-1-3-5-14/h1-13,18H,(H,22,24)/t18-/m0/s1. The molecule has 0 fully saturated rings. The van der Waals surface area contributed by atoms with Crippen LogP contribution in [0.5, 0.6) is 0 Å². The minimum atomic E-state index is -0.523. The molecule has 1 aromatic heterocycles. The lowest BCUT2D eigenvalue weighted by Gasteiger charge is -2.17. The number of aromatic nitrogens is 2. The first-order valence-corrected chi connectivity index (χ1v) is 8.90. The van der Waals surface area contributed by atoms with Crippen molar-refractivity contribution in [2.75, 3.05) is 10.2 Å². The zero-order valence-corrected chi connectivity index (χ0v) is 15.3. The normalized spacial score (nSPS) is 15.7. The Kier molecular flexibility index (Phi) is 4.50. The van der Waals surface area contributed by atoms with Gasteiger partial charge >= 0.3 is 0 Å². The maximum absolute atomic E-state index is 11.5. The molecule has 5 nitrogen and oxygen atoms in total. The van der Waals surface area contributed by atoms with Crippen LogP contribution in [0.2, 0.25) is 0 Å². The van der Waals surface area contributed by atoms with E-state index in [1.54, 1.807) is 11.1 Å². The summed E-state index contributed by atoms with van der Waals surface area (Å²) in [4.78, 5) is 22.4. The number of nitrogens with zero attached hydrogens (tertiary/aromatic N) is 3. The SMILES string of the molecule is O=C[C@H]1Nc2ncc(-c3ccc(Br)cc3)nc2N1C=Cc1ccccc1. The second-order valence-electron chi connectivity index (χ2n) is 5.79. The Balaban J connectivity index is 1.70. The number of rotatable bonds is 4. The van der Waals surface area contributed by atoms with E-state index in [4.69, 9.17) is 4.98 Å². The van der Waals surface area contributed by atoms with Crippen LogP contribution in [-0.4, -0.2) is 22.4 Å². The van der Waals surface area contributed by atoms with Gasteiger partial charge in [-0.15, -0.1) is 0 Å². The lowest BCUT2D eigenvalue weighted by atomic mass is 10.2. The predicted octanol–water partition coefficient (Wildman–Crippen LogP) is 4.33. The monoisotopic (exact) mass is 406 g/mol. The van der Waals surface area contributed by atoms with Gasteiger partial charge in [0.15, 0.2) is 24.1 Å². The molecular formula is C20H15BrN4O. The minimum Gasteiger partial charge on any atom is -0.341 e. The van der Waals surface area contributed by atoms with Crippen molar-refractivity contribution in [3.05, 3.63) is 77.0 Å². The predicted molar refractivity (Wildman–Crippen MR) is 107 cm³/mol. The van der Waals surface area contributed by atoms with Gasteiger partial charge in [0.2, 0.25) is 0 Å². The molecule has 3 aromatic rings. The van der Waals surface area contributed by atoms with Crippen molar-refractivity contribution in [1.29, 1.82) is 0 Å². The Morgan fingerprint density at radius 2 is 1.85 bits per heavy atom. The Labute approximate surface area is 159 Å². The van der Waals surface area contributed by atoms with Crippen molar-refractivity contribution in [3.8, 4) is 11.3 Å². The van der Waals surface area contributed by atoms with Gasteiger partial charge in [0, 0.05) is 16.2 Å². The van der Waals surface area contributed by atoms with Crippen LogP contribution >= 0.6 is 15.9 Å². The van der Waals surface area contributed by atoms with Crippen molar-refractivity contribution < 1.29 is 4.79 Å². The maximum atomic E-state index is 11.5. The van der Waals surface area contributed by atoms with E-state index in [1.165, 1.54) is 0 Å². The highest BCUT2D eigenvalue weighted by Crippen LogP contribution is 2.33. The van der Waals surface area contributed by atoms with Crippen LogP contribution in [0.3, 0.4) is 0 Å².